The summed E-state index contributed by atoms with van der Waals surface area (Å²) in [4.78, 5) is 27.6. The number of likely N-dealkylation sites (tertiary alicyclic amines) is 1. The van der Waals surface area contributed by atoms with Gasteiger partial charge in [0.25, 0.3) is 11.7 Å². The zero-order chi connectivity index (χ0) is 25.5. The van der Waals surface area contributed by atoms with Gasteiger partial charge in [-0.05, 0) is 67.1 Å². The van der Waals surface area contributed by atoms with E-state index in [9.17, 15) is 14.7 Å². The van der Waals surface area contributed by atoms with Gasteiger partial charge < -0.3 is 19.5 Å². The number of unbranched alkanes of at least 4 members (excludes halogenated alkanes) is 1. The number of hydrogen-bond donors (Lipinski definition) is 1. The number of amides is 1. The van der Waals surface area contributed by atoms with E-state index in [-0.39, 0.29) is 11.3 Å². The summed E-state index contributed by atoms with van der Waals surface area (Å²) in [5.41, 5.74) is 2.20. The Morgan fingerprint density at radius 1 is 1.03 bits per heavy atom. The molecule has 1 N–H and O–H groups in total. The Morgan fingerprint density at radius 2 is 1.74 bits per heavy atom. The van der Waals surface area contributed by atoms with Crippen LogP contribution in [0.2, 0.25) is 0 Å². The molecular weight excluding hydrogens is 442 g/mol. The van der Waals surface area contributed by atoms with E-state index in [4.69, 9.17) is 9.47 Å². The molecule has 1 amide bonds. The van der Waals surface area contributed by atoms with Crippen molar-refractivity contribution in [3.63, 3.8) is 0 Å². The Kier molecular flexibility index (Phi) is 8.96. The maximum Gasteiger partial charge on any atom is 0.295 e. The summed E-state index contributed by atoms with van der Waals surface area (Å²) in [6.07, 6.45) is 2.72. The van der Waals surface area contributed by atoms with Crippen LogP contribution in [0.25, 0.3) is 5.76 Å². The fourth-order valence-electron chi connectivity index (χ4n) is 4.15. The van der Waals surface area contributed by atoms with Gasteiger partial charge in [0.15, 0.2) is 0 Å². The predicted molar refractivity (Wildman–Crippen MR) is 138 cm³/mol. The molecule has 1 unspecified atom stereocenters. The smallest absolute Gasteiger partial charge is 0.295 e. The minimum Gasteiger partial charge on any atom is -0.507 e. The first-order chi connectivity index (χ1) is 16.8. The highest BCUT2D eigenvalue weighted by molar-refractivity contribution is 6.46. The molecule has 6 heteroatoms. The SMILES string of the molecule is CCCCOc1ccc(C2/C(=C(/O)c3ccc(OCC(C)C)c(C)c3)C(=O)C(=O)N2CCC)cc1. The van der Waals surface area contributed by atoms with Gasteiger partial charge >= 0.3 is 0 Å². The third-order valence-electron chi connectivity index (χ3n) is 5.99. The van der Waals surface area contributed by atoms with Crippen LogP contribution in [-0.4, -0.2) is 41.5 Å². The molecule has 1 heterocycles. The monoisotopic (exact) mass is 479 g/mol. The van der Waals surface area contributed by atoms with Crippen molar-refractivity contribution in [3.05, 3.63) is 64.7 Å². The summed E-state index contributed by atoms with van der Waals surface area (Å²) in [6, 6.07) is 12.1. The first-order valence-corrected chi connectivity index (χ1v) is 12.5. The number of ketones is 1. The highest BCUT2D eigenvalue weighted by atomic mass is 16.5. The van der Waals surface area contributed by atoms with Crippen molar-refractivity contribution >= 4 is 17.4 Å². The van der Waals surface area contributed by atoms with Gasteiger partial charge in [0.05, 0.1) is 24.8 Å². The summed E-state index contributed by atoms with van der Waals surface area (Å²) in [5, 5.41) is 11.3. The quantitative estimate of drug-likeness (QED) is 0.184. The zero-order valence-corrected chi connectivity index (χ0v) is 21.5. The predicted octanol–water partition coefficient (Wildman–Crippen LogP) is 6.04. The number of hydrogen-bond acceptors (Lipinski definition) is 5. The molecular formula is C29H37NO5. The van der Waals surface area contributed by atoms with Crippen LogP contribution in [0.5, 0.6) is 11.5 Å². The van der Waals surface area contributed by atoms with Crippen LogP contribution in [0.15, 0.2) is 48.0 Å². The van der Waals surface area contributed by atoms with E-state index in [1.165, 1.54) is 0 Å². The van der Waals surface area contributed by atoms with Gasteiger partial charge in [-0.3, -0.25) is 9.59 Å². The van der Waals surface area contributed by atoms with Gasteiger partial charge in [-0.2, -0.15) is 0 Å². The maximum atomic E-state index is 13.1. The molecule has 1 atom stereocenters. The van der Waals surface area contributed by atoms with Gasteiger partial charge in [-0.1, -0.05) is 46.2 Å². The first-order valence-electron chi connectivity index (χ1n) is 12.5. The molecule has 1 aliphatic rings. The second-order valence-corrected chi connectivity index (χ2v) is 9.45. The molecule has 35 heavy (non-hydrogen) atoms. The molecule has 188 valence electrons. The standard InChI is InChI=1S/C29H37NO5/c1-6-8-16-34-23-12-9-21(10-13-23)26-25(28(32)29(33)30(26)15-7-2)27(31)22-11-14-24(20(5)17-22)35-18-19(3)4/h9-14,17,19,26,31H,6-8,15-16,18H2,1-5H3/b27-25-. The molecule has 0 saturated carbocycles. The average Bonchev–Trinajstić information content (AvgIpc) is 3.08. The molecule has 2 aromatic rings. The summed E-state index contributed by atoms with van der Waals surface area (Å²) >= 11 is 0. The van der Waals surface area contributed by atoms with Gasteiger partial charge in [-0.15, -0.1) is 0 Å². The van der Waals surface area contributed by atoms with Crippen molar-refractivity contribution in [3.8, 4) is 11.5 Å². The van der Waals surface area contributed by atoms with Crippen LogP contribution in [0.3, 0.4) is 0 Å². The molecule has 3 rings (SSSR count). The lowest BCUT2D eigenvalue weighted by atomic mass is 9.94. The molecule has 0 aromatic heterocycles. The number of ether oxygens (including phenoxy) is 2. The summed E-state index contributed by atoms with van der Waals surface area (Å²) < 4.78 is 11.6. The number of carbonyl (C=O) groups is 2. The van der Waals surface area contributed by atoms with E-state index in [0.717, 1.165) is 35.5 Å². The second-order valence-electron chi connectivity index (χ2n) is 9.45. The molecule has 0 aliphatic carbocycles. The van der Waals surface area contributed by atoms with Gasteiger partial charge in [0.2, 0.25) is 0 Å². The fourth-order valence-corrected chi connectivity index (χ4v) is 4.15. The minimum absolute atomic E-state index is 0.110. The van der Waals surface area contributed by atoms with Crippen molar-refractivity contribution < 1.29 is 24.2 Å². The highest BCUT2D eigenvalue weighted by Crippen LogP contribution is 2.40. The van der Waals surface area contributed by atoms with E-state index < -0.39 is 17.7 Å². The Bertz CT molecular complexity index is 1070. The maximum absolute atomic E-state index is 13.1. The van der Waals surface area contributed by atoms with Gasteiger partial charge in [-0.25, -0.2) is 0 Å². The topological polar surface area (TPSA) is 76.1 Å². The molecule has 1 aliphatic heterocycles. The van der Waals surface area contributed by atoms with Crippen molar-refractivity contribution in [2.75, 3.05) is 19.8 Å². The molecule has 0 radical (unpaired) electrons. The summed E-state index contributed by atoms with van der Waals surface area (Å²) in [5.74, 6) is 0.436. The highest BCUT2D eigenvalue weighted by Gasteiger charge is 2.45. The van der Waals surface area contributed by atoms with Gasteiger partial charge in [0.1, 0.15) is 17.3 Å². The normalized spacial score (nSPS) is 17.3. The van der Waals surface area contributed by atoms with Gasteiger partial charge in [0, 0.05) is 12.1 Å². The fraction of sp³-hybridized carbons (Fsp3) is 0.448. The number of benzene rings is 2. The van der Waals surface area contributed by atoms with Crippen molar-refractivity contribution in [2.45, 2.75) is 59.9 Å². The van der Waals surface area contributed by atoms with Crippen molar-refractivity contribution in [1.29, 1.82) is 0 Å². The van der Waals surface area contributed by atoms with Crippen molar-refractivity contribution in [2.24, 2.45) is 5.92 Å². The first kappa shape index (κ1) is 26.3. The third-order valence-corrected chi connectivity index (χ3v) is 5.99. The summed E-state index contributed by atoms with van der Waals surface area (Å²) in [7, 11) is 0. The van der Waals surface area contributed by atoms with Crippen molar-refractivity contribution in [1.82, 2.24) is 4.90 Å². The summed E-state index contributed by atoms with van der Waals surface area (Å²) in [6.45, 7) is 11.8. The molecule has 1 fully saturated rings. The van der Waals surface area contributed by atoms with Crippen LogP contribution in [0, 0.1) is 12.8 Å². The largest absolute Gasteiger partial charge is 0.507 e. The molecule has 0 bridgehead atoms. The van der Waals surface area contributed by atoms with E-state index in [0.29, 0.717) is 37.7 Å². The third kappa shape index (κ3) is 6.05. The Balaban J connectivity index is 1.99. The minimum atomic E-state index is -0.665. The number of Topliss-reactive ketones (excluding diaryl/α,β-unsaturated/α-hetero) is 1. The van der Waals surface area contributed by atoms with E-state index in [1.807, 2.05) is 38.1 Å². The average molecular weight is 480 g/mol. The Morgan fingerprint density at radius 3 is 2.34 bits per heavy atom. The molecule has 1 saturated heterocycles. The molecule has 0 spiro atoms. The Hall–Kier alpha value is -3.28. The number of aliphatic hydroxyl groups is 1. The van der Waals surface area contributed by atoms with Crippen LogP contribution >= 0.6 is 0 Å². The van der Waals surface area contributed by atoms with E-state index >= 15 is 0 Å². The molecule has 2 aromatic carbocycles. The number of rotatable bonds is 11. The number of aryl methyl sites for hydroxylation is 1. The second kappa shape index (κ2) is 11.9. The molecule has 6 nitrogen and oxygen atoms in total. The van der Waals surface area contributed by atoms with E-state index in [1.54, 1.807) is 23.1 Å². The Labute approximate surface area is 208 Å². The van der Waals surface area contributed by atoms with Crippen LogP contribution in [-0.2, 0) is 9.59 Å². The lowest BCUT2D eigenvalue weighted by Gasteiger charge is -2.25. The zero-order valence-electron chi connectivity index (χ0n) is 21.5. The van der Waals surface area contributed by atoms with Crippen LogP contribution < -0.4 is 9.47 Å². The number of nitrogens with zero attached hydrogens (tertiary/aromatic N) is 1. The number of carbonyl (C=O) groups excluding carboxylic acids is 2. The lowest BCUT2D eigenvalue weighted by molar-refractivity contribution is -0.139. The van der Waals surface area contributed by atoms with Crippen LogP contribution in [0.4, 0.5) is 0 Å². The van der Waals surface area contributed by atoms with Crippen LogP contribution in [0.1, 0.15) is 69.7 Å². The van der Waals surface area contributed by atoms with E-state index in [2.05, 4.69) is 20.8 Å². The number of aliphatic hydroxyl groups excluding tert-OH is 1. The lowest BCUT2D eigenvalue weighted by Crippen LogP contribution is -2.30.